The van der Waals surface area contributed by atoms with Crippen LogP contribution in [0.4, 0.5) is 0 Å². The quantitative estimate of drug-likeness (QED) is 0.662. The molecule has 0 bridgehead atoms. The molecular formula is C10H19NO6S. The molecule has 0 radical (unpaired) electrons. The fourth-order valence-electron chi connectivity index (χ4n) is 1.38. The van der Waals surface area contributed by atoms with Crippen LogP contribution in [0.1, 0.15) is 27.2 Å². The molecule has 0 fully saturated rings. The number of carboxylic acid groups (broad SMARTS) is 1. The maximum absolute atomic E-state index is 12.1. The average Bonchev–Trinajstić information content (AvgIpc) is 2.25. The van der Waals surface area contributed by atoms with Gasteiger partial charge < -0.3 is 9.84 Å². The van der Waals surface area contributed by atoms with Crippen molar-refractivity contribution in [2.45, 2.75) is 38.5 Å². The second-order valence-electron chi connectivity index (χ2n) is 4.06. The van der Waals surface area contributed by atoms with Crippen LogP contribution in [0.25, 0.3) is 0 Å². The Morgan fingerprint density at radius 1 is 1.28 bits per heavy atom. The summed E-state index contributed by atoms with van der Waals surface area (Å²) in [5.41, 5.74) is 0. The van der Waals surface area contributed by atoms with Crippen molar-refractivity contribution in [3.05, 3.63) is 0 Å². The predicted octanol–water partition coefficient (Wildman–Crippen LogP) is 0.0628. The first-order chi connectivity index (χ1) is 8.14. The highest BCUT2D eigenvalue weighted by atomic mass is 32.2. The number of ether oxygens (including phenoxy) is 1. The Labute approximate surface area is 107 Å². The first kappa shape index (κ1) is 16.9. The van der Waals surface area contributed by atoms with Crippen molar-refractivity contribution in [1.82, 2.24) is 4.31 Å². The summed E-state index contributed by atoms with van der Waals surface area (Å²) in [6.07, 6.45) is -0.314. The molecule has 106 valence electrons. The van der Waals surface area contributed by atoms with E-state index in [9.17, 15) is 18.0 Å². The van der Waals surface area contributed by atoms with E-state index in [-0.39, 0.29) is 13.0 Å². The number of sulfonamides is 1. The van der Waals surface area contributed by atoms with E-state index < -0.39 is 33.3 Å². The number of methoxy groups -OCH3 is 1. The van der Waals surface area contributed by atoms with Crippen LogP contribution in [0.15, 0.2) is 0 Å². The second-order valence-corrected chi connectivity index (χ2v) is 6.26. The summed E-state index contributed by atoms with van der Waals surface area (Å²) in [5.74, 6) is -1.96. The van der Waals surface area contributed by atoms with Crippen molar-refractivity contribution in [3.8, 4) is 0 Å². The van der Waals surface area contributed by atoms with Gasteiger partial charge in [-0.2, -0.15) is 4.31 Å². The molecule has 1 N–H and O–H groups in total. The van der Waals surface area contributed by atoms with Gasteiger partial charge in [0.15, 0.2) is 5.25 Å². The Hall–Kier alpha value is -1.15. The van der Waals surface area contributed by atoms with Gasteiger partial charge in [-0.1, -0.05) is 0 Å². The Morgan fingerprint density at radius 2 is 1.78 bits per heavy atom. The van der Waals surface area contributed by atoms with E-state index in [0.29, 0.717) is 0 Å². The average molecular weight is 281 g/mol. The van der Waals surface area contributed by atoms with Crippen LogP contribution in [-0.4, -0.2) is 54.7 Å². The largest absolute Gasteiger partial charge is 0.481 e. The topological polar surface area (TPSA) is 101 Å². The summed E-state index contributed by atoms with van der Waals surface area (Å²) >= 11 is 0. The van der Waals surface area contributed by atoms with Crippen LogP contribution in [0.2, 0.25) is 0 Å². The third-order valence-electron chi connectivity index (χ3n) is 2.43. The molecule has 0 rings (SSSR count). The van der Waals surface area contributed by atoms with Crippen LogP contribution in [0.3, 0.4) is 0 Å². The number of nitrogens with zero attached hydrogens (tertiary/aromatic N) is 1. The summed E-state index contributed by atoms with van der Waals surface area (Å²) in [4.78, 5) is 21.8. The Kier molecular flexibility index (Phi) is 6.27. The molecule has 8 heteroatoms. The van der Waals surface area contributed by atoms with Gasteiger partial charge in [-0.15, -0.1) is 0 Å². The minimum atomic E-state index is -3.91. The lowest BCUT2D eigenvalue weighted by atomic mass is 10.3. The van der Waals surface area contributed by atoms with E-state index >= 15 is 0 Å². The number of carbonyl (C=O) groups excluding carboxylic acids is 1. The maximum Gasteiger partial charge on any atom is 0.325 e. The lowest BCUT2D eigenvalue weighted by Gasteiger charge is -2.27. The molecule has 0 amide bonds. The van der Waals surface area contributed by atoms with Crippen molar-refractivity contribution in [3.63, 3.8) is 0 Å². The molecule has 1 unspecified atom stereocenters. The van der Waals surface area contributed by atoms with Crippen LogP contribution in [0.5, 0.6) is 0 Å². The van der Waals surface area contributed by atoms with Gasteiger partial charge >= 0.3 is 11.9 Å². The summed E-state index contributed by atoms with van der Waals surface area (Å²) in [6, 6.07) is -0.429. The van der Waals surface area contributed by atoms with Crippen molar-refractivity contribution < 1.29 is 27.9 Å². The number of hydrogen-bond donors (Lipinski definition) is 1. The lowest BCUT2D eigenvalue weighted by Crippen LogP contribution is -2.45. The SMILES string of the molecule is COC(=O)C(C)S(=O)(=O)N(CCC(=O)O)C(C)C. The van der Waals surface area contributed by atoms with Crippen molar-refractivity contribution >= 4 is 22.0 Å². The van der Waals surface area contributed by atoms with Crippen LogP contribution in [0, 0.1) is 0 Å². The van der Waals surface area contributed by atoms with Gasteiger partial charge in [-0.25, -0.2) is 8.42 Å². The van der Waals surface area contributed by atoms with Gasteiger partial charge in [-0.05, 0) is 20.8 Å². The number of carbonyl (C=O) groups is 2. The van der Waals surface area contributed by atoms with Gasteiger partial charge in [-0.3, -0.25) is 9.59 Å². The maximum atomic E-state index is 12.1. The zero-order chi connectivity index (χ0) is 14.5. The monoisotopic (exact) mass is 281 g/mol. The van der Waals surface area contributed by atoms with Crippen molar-refractivity contribution in [2.24, 2.45) is 0 Å². The molecule has 0 spiro atoms. The zero-order valence-corrected chi connectivity index (χ0v) is 11.7. The minimum Gasteiger partial charge on any atom is -0.481 e. The summed E-state index contributed by atoms with van der Waals surface area (Å²) in [6.45, 7) is 4.28. The van der Waals surface area contributed by atoms with E-state index in [0.717, 1.165) is 11.4 Å². The van der Waals surface area contributed by atoms with E-state index in [1.165, 1.54) is 6.92 Å². The Bertz CT molecular complexity index is 403. The Balaban J connectivity index is 5.10. The van der Waals surface area contributed by atoms with Gasteiger partial charge in [0.05, 0.1) is 13.5 Å². The molecule has 0 heterocycles. The molecule has 0 aromatic heterocycles. The van der Waals surface area contributed by atoms with Gasteiger partial charge in [0, 0.05) is 12.6 Å². The van der Waals surface area contributed by atoms with Crippen molar-refractivity contribution in [1.29, 1.82) is 0 Å². The summed E-state index contributed by atoms with van der Waals surface area (Å²) < 4.78 is 29.6. The predicted molar refractivity (Wildman–Crippen MR) is 64.5 cm³/mol. The van der Waals surface area contributed by atoms with Crippen LogP contribution >= 0.6 is 0 Å². The second kappa shape index (κ2) is 6.69. The van der Waals surface area contributed by atoms with E-state index in [4.69, 9.17) is 5.11 Å². The fourth-order valence-corrected chi connectivity index (χ4v) is 3.05. The highest BCUT2D eigenvalue weighted by Gasteiger charge is 2.36. The number of carboxylic acids is 1. The summed E-state index contributed by atoms with van der Waals surface area (Å²) in [7, 11) is -2.81. The van der Waals surface area contributed by atoms with Crippen LogP contribution in [-0.2, 0) is 24.3 Å². The molecule has 1 atom stereocenters. The molecule has 0 aliphatic rings. The molecule has 0 aromatic rings. The van der Waals surface area contributed by atoms with Gasteiger partial charge in [0.25, 0.3) is 0 Å². The molecule has 7 nitrogen and oxygen atoms in total. The normalized spacial score (nSPS) is 13.7. The zero-order valence-electron chi connectivity index (χ0n) is 10.9. The fraction of sp³-hybridized carbons (Fsp3) is 0.800. The van der Waals surface area contributed by atoms with Gasteiger partial charge in [0.1, 0.15) is 0 Å². The molecule has 0 aliphatic carbocycles. The molecule has 0 saturated heterocycles. The van der Waals surface area contributed by atoms with E-state index in [1.54, 1.807) is 13.8 Å². The Morgan fingerprint density at radius 3 is 2.11 bits per heavy atom. The lowest BCUT2D eigenvalue weighted by molar-refractivity contribution is -0.139. The number of hydrogen-bond acceptors (Lipinski definition) is 5. The molecule has 0 saturated carbocycles. The minimum absolute atomic E-state index is 0.170. The molecule has 0 aliphatic heterocycles. The molecular weight excluding hydrogens is 262 g/mol. The first-order valence-corrected chi connectivity index (χ1v) is 6.95. The molecule has 0 aromatic carbocycles. The van der Waals surface area contributed by atoms with Crippen molar-refractivity contribution in [2.75, 3.05) is 13.7 Å². The first-order valence-electron chi connectivity index (χ1n) is 5.44. The smallest absolute Gasteiger partial charge is 0.325 e. The van der Waals surface area contributed by atoms with Crippen LogP contribution < -0.4 is 0 Å². The van der Waals surface area contributed by atoms with Gasteiger partial charge in [0.2, 0.25) is 10.0 Å². The number of esters is 1. The number of aliphatic carboxylic acids is 1. The standard InChI is InChI=1S/C10H19NO6S/c1-7(2)11(6-5-9(12)13)18(15,16)8(3)10(14)17-4/h7-8H,5-6H2,1-4H3,(H,12,13). The van der Waals surface area contributed by atoms with E-state index in [2.05, 4.69) is 4.74 Å². The molecule has 18 heavy (non-hydrogen) atoms. The third-order valence-corrected chi connectivity index (χ3v) is 4.77. The third kappa shape index (κ3) is 4.26. The summed E-state index contributed by atoms with van der Waals surface area (Å²) in [5, 5.41) is 7.24. The number of rotatable bonds is 7. The highest BCUT2D eigenvalue weighted by Crippen LogP contribution is 2.14. The highest BCUT2D eigenvalue weighted by molar-refractivity contribution is 7.90. The van der Waals surface area contributed by atoms with E-state index in [1.807, 2.05) is 0 Å².